The normalized spacial score (nSPS) is 18.5. The molecular formula is C31H31F4N3O4. The van der Waals surface area contributed by atoms with Crippen molar-refractivity contribution in [2.75, 3.05) is 39.9 Å². The summed E-state index contributed by atoms with van der Waals surface area (Å²) >= 11 is 0. The molecule has 3 aromatic rings. The Morgan fingerprint density at radius 1 is 0.976 bits per heavy atom. The van der Waals surface area contributed by atoms with Gasteiger partial charge in [0.05, 0.1) is 7.11 Å². The monoisotopic (exact) mass is 585 g/mol. The zero-order chi connectivity index (χ0) is 29.9. The molecule has 1 unspecified atom stereocenters. The number of nitrogens with one attached hydrogen (secondary N) is 1. The average molecular weight is 586 g/mol. The largest absolute Gasteiger partial charge is 0.496 e. The van der Waals surface area contributed by atoms with Crippen molar-refractivity contribution in [3.63, 3.8) is 0 Å². The first-order valence-electron chi connectivity index (χ1n) is 13.7. The van der Waals surface area contributed by atoms with Gasteiger partial charge >= 0.3 is 12.1 Å². The second-order valence-electron chi connectivity index (χ2n) is 10.5. The maximum atomic E-state index is 14.4. The van der Waals surface area contributed by atoms with E-state index in [-0.39, 0.29) is 30.3 Å². The van der Waals surface area contributed by atoms with Gasteiger partial charge in [-0.2, -0.15) is 0 Å². The van der Waals surface area contributed by atoms with Gasteiger partial charge in [-0.3, -0.25) is 0 Å². The van der Waals surface area contributed by atoms with Gasteiger partial charge in [0.1, 0.15) is 30.0 Å². The first-order chi connectivity index (χ1) is 20.2. The fourth-order valence-electron chi connectivity index (χ4n) is 5.89. The highest BCUT2D eigenvalue weighted by Crippen LogP contribution is 2.45. The first kappa shape index (κ1) is 29.4. The van der Waals surface area contributed by atoms with Gasteiger partial charge in [0.2, 0.25) is 0 Å². The second-order valence-corrected chi connectivity index (χ2v) is 10.5. The summed E-state index contributed by atoms with van der Waals surface area (Å²) in [5.74, 6) is -2.26. The van der Waals surface area contributed by atoms with Gasteiger partial charge in [-0.25, -0.2) is 32.1 Å². The lowest BCUT2D eigenvalue weighted by Gasteiger charge is -2.43. The maximum absolute atomic E-state index is 14.4. The van der Waals surface area contributed by atoms with Gasteiger partial charge in [0, 0.05) is 17.5 Å². The van der Waals surface area contributed by atoms with E-state index in [1.807, 2.05) is 0 Å². The number of likely N-dealkylation sites (tertiary alicyclic amines) is 1. The van der Waals surface area contributed by atoms with Crippen molar-refractivity contribution in [1.82, 2.24) is 15.1 Å². The van der Waals surface area contributed by atoms with Crippen LogP contribution in [0.1, 0.15) is 42.0 Å². The fraction of sp³-hybridized carbons (Fsp3) is 0.355. The first-order valence-corrected chi connectivity index (χ1v) is 13.7. The number of rotatable bonds is 8. The molecule has 0 saturated carbocycles. The molecule has 0 spiro atoms. The number of halogens is 4. The number of imide groups is 1. The molecule has 2 heterocycles. The molecule has 0 aliphatic carbocycles. The predicted molar refractivity (Wildman–Crippen MR) is 146 cm³/mol. The number of amides is 3. The van der Waals surface area contributed by atoms with E-state index in [0.717, 1.165) is 28.2 Å². The Bertz CT molecular complexity index is 1440. The summed E-state index contributed by atoms with van der Waals surface area (Å²) in [4.78, 5) is 28.1. The molecule has 0 radical (unpaired) electrons. The van der Waals surface area contributed by atoms with Crippen molar-refractivity contribution in [2.24, 2.45) is 0 Å². The highest BCUT2D eigenvalue weighted by Gasteiger charge is 2.41. The Labute approximate surface area is 241 Å². The molecule has 0 aromatic heterocycles. The number of ether oxygens (including phenoxy) is 2. The standard InChI is InChI=1S/C31H31F4N3O4/c1-41-28-10-8-23(33)18-24(28)31(21-4-6-22(32)7-5-21)11-15-37(16-12-31)14-2-13-36-29(39)38-27(19-42-30(38)40)20-3-9-25(34)26(35)17-20/h3-10,17-18,27H,2,11-16,19H2,1H3,(H,36,39). The zero-order valence-corrected chi connectivity index (χ0v) is 23.0. The van der Waals surface area contributed by atoms with Crippen molar-refractivity contribution in [3.8, 4) is 5.75 Å². The molecule has 1 N–H and O–H groups in total. The average Bonchev–Trinajstić information content (AvgIpc) is 3.38. The number of nitrogens with zero attached hydrogens (tertiary/aromatic N) is 2. The molecule has 2 aliphatic rings. The van der Waals surface area contributed by atoms with E-state index in [1.165, 1.54) is 30.3 Å². The Morgan fingerprint density at radius 2 is 1.69 bits per heavy atom. The van der Waals surface area contributed by atoms with Gasteiger partial charge in [-0.15, -0.1) is 0 Å². The topological polar surface area (TPSA) is 71.1 Å². The maximum Gasteiger partial charge on any atom is 0.418 e. The Kier molecular flexibility index (Phi) is 8.67. The van der Waals surface area contributed by atoms with Crippen LogP contribution in [0.3, 0.4) is 0 Å². The molecule has 1 atom stereocenters. The lowest BCUT2D eigenvalue weighted by molar-refractivity contribution is 0.157. The fourth-order valence-corrected chi connectivity index (χ4v) is 5.89. The van der Waals surface area contributed by atoms with Crippen LogP contribution in [0.4, 0.5) is 27.2 Å². The van der Waals surface area contributed by atoms with Gasteiger partial charge in [0.15, 0.2) is 11.6 Å². The number of benzene rings is 3. The van der Waals surface area contributed by atoms with E-state index >= 15 is 0 Å². The summed E-state index contributed by atoms with van der Waals surface area (Å²) < 4.78 is 65.8. The number of cyclic esters (lactones) is 1. The van der Waals surface area contributed by atoms with Crippen molar-refractivity contribution < 1.29 is 36.6 Å². The van der Waals surface area contributed by atoms with E-state index in [0.29, 0.717) is 44.6 Å². The van der Waals surface area contributed by atoms with Gasteiger partial charge < -0.3 is 19.7 Å². The van der Waals surface area contributed by atoms with Crippen LogP contribution in [0.15, 0.2) is 60.7 Å². The minimum absolute atomic E-state index is 0.156. The number of carbonyl (C=O) groups is 2. The molecule has 7 nitrogen and oxygen atoms in total. The van der Waals surface area contributed by atoms with Gasteiger partial charge in [-0.1, -0.05) is 18.2 Å². The predicted octanol–water partition coefficient (Wildman–Crippen LogP) is 5.93. The van der Waals surface area contributed by atoms with Crippen LogP contribution in [-0.2, 0) is 10.2 Å². The number of hydrogen-bond donors (Lipinski definition) is 1. The summed E-state index contributed by atoms with van der Waals surface area (Å²) in [5, 5.41) is 2.71. The molecule has 11 heteroatoms. The number of urea groups is 1. The molecule has 2 fully saturated rings. The van der Waals surface area contributed by atoms with Crippen molar-refractivity contribution >= 4 is 12.1 Å². The van der Waals surface area contributed by atoms with Crippen molar-refractivity contribution in [1.29, 1.82) is 0 Å². The summed E-state index contributed by atoms with van der Waals surface area (Å²) in [6.45, 7) is 2.10. The highest BCUT2D eigenvalue weighted by molar-refractivity contribution is 5.92. The van der Waals surface area contributed by atoms with Crippen molar-refractivity contribution in [2.45, 2.75) is 30.7 Å². The third kappa shape index (κ3) is 5.92. The minimum Gasteiger partial charge on any atom is -0.496 e. The number of carbonyl (C=O) groups excluding carboxylic acids is 2. The highest BCUT2D eigenvalue weighted by atomic mass is 19.2. The molecule has 42 heavy (non-hydrogen) atoms. The molecular weight excluding hydrogens is 554 g/mol. The Hall–Kier alpha value is -4.12. The van der Waals surface area contributed by atoms with E-state index in [2.05, 4.69) is 10.2 Å². The van der Waals surface area contributed by atoms with Crippen LogP contribution >= 0.6 is 0 Å². The Balaban J connectivity index is 1.20. The van der Waals surface area contributed by atoms with Crippen LogP contribution < -0.4 is 10.1 Å². The van der Waals surface area contributed by atoms with Gasteiger partial charge in [0.25, 0.3) is 0 Å². The van der Waals surface area contributed by atoms with E-state index < -0.39 is 35.2 Å². The van der Waals surface area contributed by atoms with Crippen molar-refractivity contribution in [3.05, 3.63) is 101 Å². The molecule has 222 valence electrons. The SMILES string of the molecule is COc1ccc(F)cc1C1(c2ccc(F)cc2)CCN(CCCNC(=O)N2C(=O)OCC2c2ccc(F)c(F)c2)CC1. The number of piperidine rings is 1. The zero-order valence-electron chi connectivity index (χ0n) is 23.0. The molecule has 2 aliphatic heterocycles. The van der Waals surface area contributed by atoms with Crippen LogP contribution in [-0.4, -0.2) is 61.8 Å². The smallest absolute Gasteiger partial charge is 0.418 e. The summed E-state index contributed by atoms with van der Waals surface area (Å²) in [5.41, 5.74) is 1.28. The third-order valence-electron chi connectivity index (χ3n) is 8.13. The molecule has 5 rings (SSSR count). The quantitative estimate of drug-likeness (QED) is 0.262. The van der Waals surface area contributed by atoms with E-state index in [4.69, 9.17) is 9.47 Å². The number of methoxy groups -OCH3 is 1. The van der Waals surface area contributed by atoms with Crippen LogP contribution in [0.2, 0.25) is 0 Å². The van der Waals surface area contributed by atoms with Crippen LogP contribution in [0.5, 0.6) is 5.75 Å². The lowest BCUT2D eigenvalue weighted by atomic mass is 9.67. The number of hydrogen-bond acceptors (Lipinski definition) is 5. The van der Waals surface area contributed by atoms with Crippen LogP contribution in [0, 0.1) is 23.3 Å². The molecule has 0 bridgehead atoms. The lowest BCUT2D eigenvalue weighted by Crippen LogP contribution is -2.45. The summed E-state index contributed by atoms with van der Waals surface area (Å²) in [6, 6.07) is 12.4. The second kappa shape index (κ2) is 12.4. The third-order valence-corrected chi connectivity index (χ3v) is 8.13. The molecule has 3 aromatic carbocycles. The molecule has 2 saturated heterocycles. The summed E-state index contributed by atoms with van der Waals surface area (Å²) in [6.07, 6.45) is 1.00. The van der Waals surface area contributed by atoms with Gasteiger partial charge in [-0.05, 0) is 92.5 Å². The van der Waals surface area contributed by atoms with E-state index in [1.54, 1.807) is 25.3 Å². The summed E-state index contributed by atoms with van der Waals surface area (Å²) in [7, 11) is 1.54. The Morgan fingerprint density at radius 3 is 2.38 bits per heavy atom. The van der Waals surface area contributed by atoms with E-state index in [9.17, 15) is 27.2 Å². The molecule has 3 amide bonds. The minimum atomic E-state index is -1.08. The van der Waals surface area contributed by atoms with Crippen LogP contribution in [0.25, 0.3) is 0 Å².